The van der Waals surface area contributed by atoms with Crippen LogP contribution in [-0.4, -0.2) is 5.91 Å². The van der Waals surface area contributed by atoms with Crippen molar-refractivity contribution in [3.8, 4) is 0 Å². The second-order valence-corrected chi connectivity index (χ2v) is 3.98. The highest BCUT2D eigenvalue weighted by Gasteiger charge is 2.09. The van der Waals surface area contributed by atoms with E-state index in [0.29, 0.717) is 0 Å². The summed E-state index contributed by atoms with van der Waals surface area (Å²) in [5.41, 5.74) is 3.50. The number of carbonyl (C=O) groups is 1. The van der Waals surface area contributed by atoms with Gasteiger partial charge in [-0.25, -0.2) is 0 Å². The smallest absolute Gasteiger partial charge is 0.221 e. The van der Waals surface area contributed by atoms with Gasteiger partial charge in [0, 0.05) is 25.7 Å². The number of amides is 1. The molecule has 0 radical (unpaired) electrons. The molecule has 1 aliphatic rings. The summed E-state index contributed by atoms with van der Waals surface area (Å²) < 4.78 is 0. The highest BCUT2D eigenvalue weighted by atomic mass is 16.1. The van der Waals surface area contributed by atoms with E-state index < -0.39 is 0 Å². The molecule has 0 bridgehead atoms. The van der Waals surface area contributed by atoms with E-state index in [0.717, 1.165) is 18.8 Å². The SMILES string of the molecule is CC(=O)Nc1ccc2c(c1)CNC2.CCC. The minimum atomic E-state index is -0.0223. The number of nitrogens with one attached hydrogen (secondary N) is 2. The van der Waals surface area contributed by atoms with E-state index in [-0.39, 0.29) is 5.91 Å². The molecule has 0 fully saturated rings. The summed E-state index contributed by atoms with van der Waals surface area (Å²) in [7, 11) is 0. The van der Waals surface area contributed by atoms with E-state index in [1.165, 1.54) is 24.5 Å². The first-order valence-corrected chi connectivity index (χ1v) is 5.77. The lowest BCUT2D eigenvalue weighted by Gasteiger charge is -2.03. The topological polar surface area (TPSA) is 41.1 Å². The summed E-state index contributed by atoms with van der Waals surface area (Å²) in [6.07, 6.45) is 1.25. The molecule has 0 unspecified atom stereocenters. The van der Waals surface area contributed by atoms with E-state index >= 15 is 0 Å². The molecule has 0 aliphatic carbocycles. The van der Waals surface area contributed by atoms with Crippen LogP contribution >= 0.6 is 0 Å². The maximum absolute atomic E-state index is 10.8. The quantitative estimate of drug-likeness (QED) is 0.764. The molecular weight excluding hydrogens is 200 g/mol. The molecule has 1 aliphatic heterocycles. The molecule has 88 valence electrons. The molecule has 1 aromatic carbocycles. The zero-order valence-corrected chi connectivity index (χ0v) is 10.3. The van der Waals surface area contributed by atoms with Crippen molar-refractivity contribution in [1.82, 2.24) is 5.32 Å². The predicted molar refractivity (Wildman–Crippen MR) is 67.3 cm³/mol. The van der Waals surface area contributed by atoms with Gasteiger partial charge in [-0.05, 0) is 23.3 Å². The van der Waals surface area contributed by atoms with Crippen LogP contribution in [-0.2, 0) is 17.9 Å². The van der Waals surface area contributed by atoms with Gasteiger partial charge in [0.1, 0.15) is 0 Å². The summed E-state index contributed by atoms with van der Waals surface area (Å²) >= 11 is 0. The fourth-order valence-electron chi connectivity index (χ4n) is 1.58. The van der Waals surface area contributed by atoms with Gasteiger partial charge >= 0.3 is 0 Å². The zero-order valence-electron chi connectivity index (χ0n) is 10.3. The van der Waals surface area contributed by atoms with Crippen LogP contribution in [0.1, 0.15) is 38.3 Å². The average molecular weight is 220 g/mol. The second kappa shape index (κ2) is 6.28. The Morgan fingerprint density at radius 1 is 1.31 bits per heavy atom. The first kappa shape index (κ1) is 12.7. The van der Waals surface area contributed by atoms with Gasteiger partial charge in [-0.2, -0.15) is 0 Å². The van der Waals surface area contributed by atoms with Crippen molar-refractivity contribution in [2.24, 2.45) is 0 Å². The highest BCUT2D eigenvalue weighted by molar-refractivity contribution is 5.88. The van der Waals surface area contributed by atoms with Crippen molar-refractivity contribution in [1.29, 1.82) is 0 Å². The maximum Gasteiger partial charge on any atom is 0.221 e. The third-order valence-corrected chi connectivity index (χ3v) is 2.16. The Balaban J connectivity index is 0.000000386. The molecule has 1 heterocycles. The number of anilines is 1. The van der Waals surface area contributed by atoms with Crippen LogP contribution in [0.3, 0.4) is 0 Å². The second-order valence-electron chi connectivity index (χ2n) is 3.98. The first-order valence-electron chi connectivity index (χ1n) is 5.77. The Labute approximate surface area is 97.2 Å². The van der Waals surface area contributed by atoms with Gasteiger partial charge in [0.15, 0.2) is 0 Å². The summed E-state index contributed by atoms with van der Waals surface area (Å²) in [6.45, 7) is 7.61. The highest BCUT2D eigenvalue weighted by Crippen LogP contribution is 2.19. The number of fused-ring (bicyclic) bond motifs is 1. The molecule has 0 saturated heterocycles. The first-order chi connectivity index (χ1) is 7.67. The number of hydrogen-bond donors (Lipinski definition) is 2. The number of carbonyl (C=O) groups excluding carboxylic acids is 1. The van der Waals surface area contributed by atoms with E-state index in [4.69, 9.17) is 0 Å². The Bertz CT molecular complexity index is 361. The fourth-order valence-corrected chi connectivity index (χ4v) is 1.58. The molecule has 16 heavy (non-hydrogen) atoms. The zero-order chi connectivity index (χ0) is 12.0. The van der Waals surface area contributed by atoms with Gasteiger partial charge in [0.05, 0.1) is 0 Å². The lowest BCUT2D eigenvalue weighted by molar-refractivity contribution is -0.114. The Morgan fingerprint density at radius 3 is 2.56 bits per heavy atom. The standard InChI is InChI=1S/C10H12N2O.C3H8/c1-7(13)12-10-3-2-8-5-11-6-9(8)4-10;1-3-2/h2-4,11H,5-6H2,1H3,(H,12,13);3H2,1-2H3. The van der Waals surface area contributed by atoms with Crippen molar-refractivity contribution in [2.45, 2.75) is 40.3 Å². The number of hydrogen-bond acceptors (Lipinski definition) is 2. The normalized spacial score (nSPS) is 12.4. The van der Waals surface area contributed by atoms with Gasteiger partial charge in [0.25, 0.3) is 0 Å². The third kappa shape index (κ3) is 3.66. The fraction of sp³-hybridized carbons (Fsp3) is 0.462. The molecule has 1 amide bonds. The molecule has 0 spiro atoms. The molecule has 3 nitrogen and oxygen atoms in total. The van der Waals surface area contributed by atoms with Gasteiger partial charge in [-0.1, -0.05) is 26.3 Å². The maximum atomic E-state index is 10.8. The summed E-state index contributed by atoms with van der Waals surface area (Å²) in [5.74, 6) is -0.0223. The lowest BCUT2D eigenvalue weighted by atomic mass is 10.1. The van der Waals surface area contributed by atoms with Crippen molar-refractivity contribution < 1.29 is 4.79 Å². The van der Waals surface area contributed by atoms with E-state index in [2.05, 4.69) is 30.5 Å². The number of benzene rings is 1. The molecular formula is C13H20N2O. The summed E-state index contributed by atoms with van der Waals surface area (Å²) in [6, 6.07) is 6.02. The minimum Gasteiger partial charge on any atom is -0.326 e. The molecule has 2 rings (SSSR count). The van der Waals surface area contributed by atoms with Crippen LogP contribution in [0.25, 0.3) is 0 Å². The number of rotatable bonds is 1. The van der Waals surface area contributed by atoms with Gasteiger partial charge in [-0.15, -0.1) is 0 Å². The van der Waals surface area contributed by atoms with Crippen molar-refractivity contribution in [3.05, 3.63) is 29.3 Å². The van der Waals surface area contributed by atoms with Gasteiger partial charge in [-0.3, -0.25) is 4.79 Å². The summed E-state index contributed by atoms with van der Waals surface area (Å²) in [5, 5.41) is 6.02. The van der Waals surface area contributed by atoms with Crippen LogP contribution in [0.5, 0.6) is 0 Å². The third-order valence-electron chi connectivity index (χ3n) is 2.16. The summed E-state index contributed by atoms with van der Waals surface area (Å²) in [4.78, 5) is 10.8. The largest absolute Gasteiger partial charge is 0.326 e. The Kier molecular flexibility index (Phi) is 4.99. The Morgan fingerprint density at radius 2 is 1.94 bits per heavy atom. The molecule has 0 saturated carbocycles. The van der Waals surface area contributed by atoms with Crippen molar-refractivity contribution >= 4 is 11.6 Å². The average Bonchev–Trinajstić information content (AvgIpc) is 2.64. The van der Waals surface area contributed by atoms with Crippen LogP contribution in [0.2, 0.25) is 0 Å². The monoisotopic (exact) mass is 220 g/mol. The minimum absolute atomic E-state index is 0.0223. The predicted octanol–water partition coefficient (Wildman–Crippen LogP) is 2.66. The van der Waals surface area contributed by atoms with Crippen molar-refractivity contribution in [3.63, 3.8) is 0 Å². The van der Waals surface area contributed by atoms with Gasteiger partial charge < -0.3 is 10.6 Å². The molecule has 1 aromatic rings. The van der Waals surface area contributed by atoms with E-state index in [1.54, 1.807) is 0 Å². The van der Waals surface area contributed by atoms with Crippen LogP contribution < -0.4 is 10.6 Å². The molecule has 0 aromatic heterocycles. The van der Waals surface area contributed by atoms with Crippen LogP contribution in [0.15, 0.2) is 18.2 Å². The molecule has 3 heteroatoms. The molecule has 2 N–H and O–H groups in total. The Hall–Kier alpha value is -1.35. The van der Waals surface area contributed by atoms with E-state index in [1.807, 2.05) is 12.1 Å². The molecule has 0 atom stereocenters. The van der Waals surface area contributed by atoms with Gasteiger partial charge in [0.2, 0.25) is 5.91 Å². The van der Waals surface area contributed by atoms with Crippen LogP contribution in [0.4, 0.5) is 5.69 Å². The lowest BCUT2D eigenvalue weighted by Crippen LogP contribution is -2.05. The van der Waals surface area contributed by atoms with E-state index in [9.17, 15) is 4.79 Å². The van der Waals surface area contributed by atoms with Crippen molar-refractivity contribution in [2.75, 3.05) is 5.32 Å². The van der Waals surface area contributed by atoms with Crippen LogP contribution in [0, 0.1) is 0 Å².